The minimum absolute atomic E-state index is 0.318. The molecule has 41 heavy (non-hydrogen) atoms. The third-order valence-electron chi connectivity index (χ3n) is 6.56. The lowest BCUT2D eigenvalue weighted by molar-refractivity contribution is -0.144. The highest BCUT2D eigenvalue weighted by molar-refractivity contribution is 7.98. The van der Waals surface area contributed by atoms with Crippen molar-refractivity contribution >= 4 is 35.6 Å². The zero-order valence-corrected chi connectivity index (χ0v) is 27.1. The van der Waals surface area contributed by atoms with Crippen molar-refractivity contribution in [2.24, 2.45) is 0 Å². The van der Waals surface area contributed by atoms with Crippen molar-refractivity contribution in [1.82, 2.24) is 15.5 Å². The number of unbranched alkanes of at least 4 members (excludes halogenated alkanes) is 5. The summed E-state index contributed by atoms with van der Waals surface area (Å²) in [5.74, 6) is -0.807. The lowest BCUT2D eigenvalue weighted by Gasteiger charge is -2.35. The summed E-state index contributed by atoms with van der Waals surface area (Å²) in [6.07, 6.45) is 7.65. The highest BCUT2D eigenvalue weighted by Gasteiger charge is 2.36. The molecule has 9 nitrogen and oxygen atoms in total. The van der Waals surface area contributed by atoms with E-state index in [-0.39, 0.29) is 12.5 Å². The molecule has 0 aliphatic heterocycles. The third kappa shape index (κ3) is 13.6. The normalized spacial score (nSPS) is 12.7. The first-order chi connectivity index (χ1) is 19.3. The highest BCUT2D eigenvalue weighted by Crippen LogP contribution is 2.28. The van der Waals surface area contributed by atoms with E-state index < -0.39 is 35.7 Å². The van der Waals surface area contributed by atoms with Gasteiger partial charge in [-0.25, -0.2) is 4.79 Å². The number of methoxy groups -OCH3 is 1. The van der Waals surface area contributed by atoms with Crippen molar-refractivity contribution in [3.8, 4) is 0 Å². The quantitative estimate of drug-likeness (QED) is 0.182. The molecule has 0 heterocycles. The predicted molar refractivity (Wildman–Crippen MR) is 165 cm³/mol. The van der Waals surface area contributed by atoms with Crippen LogP contribution in [-0.2, 0) is 23.9 Å². The molecule has 0 radical (unpaired) electrons. The number of hydrogen-bond acceptors (Lipinski definition) is 7. The second kappa shape index (κ2) is 18.6. The Bertz CT molecular complexity index is 995. The number of thioether (sulfide) groups is 1. The molecule has 0 aromatic heterocycles. The van der Waals surface area contributed by atoms with E-state index >= 15 is 0 Å². The van der Waals surface area contributed by atoms with Crippen molar-refractivity contribution in [3.05, 3.63) is 34.9 Å². The van der Waals surface area contributed by atoms with E-state index in [0.29, 0.717) is 30.7 Å². The number of carbonyl (C=O) groups excluding carboxylic acids is 4. The Labute approximate surface area is 250 Å². The standard InChI is InChI=1S/C31H51N3O6S/c1-9-10-11-12-13-14-18-34(29(37)25(17-19-41-8)33-30(38)40-31(4,5)6)27(28(36)32-21-26(35)39-7)24-20-22(2)15-16-23(24)3/h15-16,20,25,27H,9-14,17-19,21H2,1-8H3,(H,32,36)(H,33,38). The Balaban J connectivity index is 3.52. The van der Waals surface area contributed by atoms with Crippen molar-refractivity contribution in [3.63, 3.8) is 0 Å². The van der Waals surface area contributed by atoms with E-state index in [1.165, 1.54) is 7.11 Å². The zero-order chi connectivity index (χ0) is 31.0. The monoisotopic (exact) mass is 593 g/mol. The van der Waals surface area contributed by atoms with Crippen molar-refractivity contribution in [1.29, 1.82) is 0 Å². The van der Waals surface area contributed by atoms with Gasteiger partial charge in [0.25, 0.3) is 0 Å². The van der Waals surface area contributed by atoms with Crippen LogP contribution in [0.4, 0.5) is 4.79 Å². The molecular weight excluding hydrogens is 542 g/mol. The fourth-order valence-corrected chi connectivity index (χ4v) is 4.88. The summed E-state index contributed by atoms with van der Waals surface area (Å²) in [6.45, 7) is 11.3. The molecule has 1 rings (SSSR count). The number of amides is 3. The van der Waals surface area contributed by atoms with Crippen LogP contribution in [0.1, 0.15) is 95.4 Å². The number of rotatable bonds is 17. The van der Waals surface area contributed by atoms with Crippen molar-refractivity contribution < 1.29 is 28.7 Å². The van der Waals surface area contributed by atoms with Gasteiger partial charge in [0.1, 0.15) is 24.2 Å². The average Bonchev–Trinajstić information content (AvgIpc) is 2.90. The minimum atomic E-state index is -1.00. The molecule has 0 saturated heterocycles. The first kappa shape index (κ1) is 36.3. The zero-order valence-electron chi connectivity index (χ0n) is 26.3. The molecule has 10 heteroatoms. The molecule has 0 bridgehead atoms. The maximum atomic E-state index is 14.3. The van der Waals surface area contributed by atoms with E-state index in [9.17, 15) is 19.2 Å². The van der Waals surface area contributed by atoms with Gasteiger partial charge in [0, 0.05) is 6.54 Å². The number of benzene rings is 1. The second-order valence-corrected chi connectivity index (χ2v) is 12.3. The number of esters is 1. The summed E-state index contributed by atoms with van der Waals surface area (Å²) >= 11 is 1.56. The molecule has 2 atom stereocenters. The van der Waals surface area contributed by atoms with E-state index in [1.54, 1.807) is 37.4 Å². The minimum Gasteiger partial charge on any atom is -0.468 e. The SMILES string of the molecule is CCCCCCCCN(C(=O)C(CCSC)NC(=O)OC(C)(C)C)C(C(=O)NCC(=O)OC)c1cc(C)ccc1C. The van der Waals surface area contributed by atoms with Gasteiger partial charge in [0.05, 0.1) is 7.11 Å². The number of ether oxygens (including phenoxy) is 2. The molecule has 0 aliphatic rings. The molecule has 0 saturated carbocycles. The molecule has 0 fully saturated rings. The Kier molecular flexibility index (Phi) is 16.5. The molecule has 1 aromatic carbocycles. The molecule has 232 valence electrons. The summed E-state index contributed by atoms with van der Waals surface area (Å²) in [7, 11) is 1.25. The van der Waals surface area contributed by atoms with Crippen LogP contribution in [0.25, 0.3) is 0 Å². The lowest BCUT2D eigenvalue weighted by atomic mass is 9.95. The van der Waals surface area contributed by atoms with Gasteiger partial charge in [0.2, 0.25) is 11.8 Å². The predicted octanol–water partition coefficient (Wildman–Crippen LogP) is 5.47. The van der Waals surface area contributed by atoms with Crippen LogP contribution in [0.15, 0.2) is 18.2 Å². The topological polar surface area (TPSA) is 114 Å². The van der Waals surface area contributed by atoms with Gasteiger partial charge in [-0.2, -0.15) is 11.8 Å². The Morgan fingerprint density at radius 2 is 1.68 bits per heavy atom. The second-order valence-electron chi connectivity index (χ2n) is 11.3. The fraction of sp³-hybridized carbons (Fsp3) is 0.677. The van der Waals surface area contributed by atoms with Gasteiger partial charge in [-0.1, -0.05) is 62.8 Å². The Hall–Kier alpha value is -2.75. The summed E-state index contributed by atoms with van der Waals surface area (Å²) in [6, 6.07) is 3.88. The number of carbonyl (C=O) groups is 4. The average molecular weight is 594 g/mol. The largest absolute Gasteiger partial charge is 0.468 e. The van der Waals surface area contributed by atoms with Crippen LogP contribution in [0, 0.1) is 13.8 Å². The number of hydrogen-bond donors (Lipinski definition) is 2. The molecule has 0 spiro atoms. The van der Waals surface area contributed by atoms with Gasteiger partial charge in [-0.05, 0) is 70.6 Å². The van der Waals surface area contributed by atoms with E-state index in [0.717, 1.165) is 43.2 Å². The summed E-state index contributed by atoms with van der Waals surface area (Å²) < 4.78 is 10.2. The maximum Gasteiger partial charge on any atom is 0.408 e. The molecule has 1 aromatic rings. The first-order valence-electron chi connectivity index (χ1n) is 14.5. The summed E-state index contributed by atoms with van der Waals surface area (Å²) in [5, 5.41) is 5.43. The molecule has 2 N–H and O–H groups in total. The maximum absolute atomic E-state index is 14.3. The van der Waals surface area contributed by atoms with Crippen LogP contribution in [0.2, 0.25) is 0 Å². The molecule has 2 unspecified atom stereocenters. The fourth-order valence-electron chi connectivity index (χ4n) is 4.41. The number of alkyl carbamates (subject to hydrolysis) is 1. The summed E-state index contributed by atoms with van der Waals surface area (Å²) in [5.41, 5.74) is 1.72. The Morgan fingerprint density at radius 3 is 2.29 bits per heavy atom. The van der Waals surface area contributed by atoms with Gasteiger partial charge >= 0.3 is 12.1 Å². The van der Waals surface area contributed by atoms with Crippen molar-refractivity contribution in [2.75, 3.05) is 32.2 Å². The van der Waals surface area contributed by atoms with Crippen molar-refractivity contribution in [2.45, 2.75) is 104 Å². The smallest absolute Gasteiger partial charge is 0.408 e. The molecular formula is C31H51N3O6S. The molecule has 3 amide bonds. The van der Waals surface area contributed by atoms with Gasteiger partial charge < -0.3 is 25.0 Å². The van der Waals surface area contributed by atoms with Gasteiger partial charge in [-0.15, -0.1) is 0 Å². The number of nitrogens with one attached hydrogen (secondary N) is 2. The van der Waals surface area contributed by atoms with Crippen LogP contribution >= 0.6 is 11.8 Å². The summed E-state index contributed by atoms with van der Waals surface area (Å²) in [4.78, 5) is 54.3. The number of aryl methyl sites for hydroxylation is 2. The highest BCUT2D eigenvalue weighted by atomic mass is 32.2. The van der Waals surface area contributed by atoms with Gasteiger partial charge in [0.15, 0.2) is 0 Å². The molecule has 0 aliphatic carbocycles. The number of nitrogens with zero attached hydrogens (tertiary/aromatic N) is 1. The van der Waals surface area contributed by atoms with Crippen LogP contribution in [0.3, 0.4) is 0 Å². The van der Waals surface area contributed by atoms with E-state index in [1.807, 2.05) is 38.3 Å². The van der Waals surface area contributed by atoms with E-state index in [2.05, 4.69) is 17.6 Å². The first-order valence-corrected chi connectivity index (χ1v) is 15.9. The van der Waals surface area contributed by atoms with Gasteiger partial charge in [-0.3, -0.25) is 14.4 Å². The van der Waals surface area contributed by atoms with Crippen LogP contribution in [-0.4, -0.2) is 72.6 Å². The lowest BCUT2D eigenvalue weighted by Crippen LogP contribution is -2.53. The van der Waals surface area contributed by atoms with E-state index in [4.69, 9.17) is 9.47 Å². The third-order valence-corrected chi connectivity index (χ3v) is 7.20. The Morgan fingerprint density at radius 1 is 1.02 bits per heavy atom. The van der Waals surface area contributed by atoms with Crippen LogP contribution < -0.4 is 10.6 Å². The van der Waals surface area contributed by atoms with Crippen LogP contribution in [0.5, 0.6) is 0 Å².